The lowest BCUT2D eigenvalue weighted by Crippen LogP contribution is -2.49. The van der Waals surface area contributed by atoms with Gasteiger partial charge in [-0.1, -0.05) is 0 Å². The van der Waals surface area contributed by atoms with Crippen molar-refractivity contribution >= 4 is 27.5 Å². The van der Waals surface area contributed by atoms with Gasteiger partial charge >= 0.3 is 0 Å². The van der Waals surface area contributed by atoms with Crippen LogP contribution in [0.5, 0.6) is 0 Å². The molecule has 4 heterocycles. The van der Waals surface area contributed by atoms with Gasteiger partial charge in [0, 0.05) is 45.0 Å². The number of nitrogens with one attached hydrogen (secondary N) is 1. The molecule has 33 heavy (non-hydrogen) atoms. The molecule has 0 atom stereocenters. The van der Waals surface area contributed by atoms with Crippen LogP contribution in [0.15, 0.2) is 29.3 Å². The average molecular weight is 471 g/mol. The van der Waals surface area contributed by atoms with Crippen molar-refractivity contribution in [3.63, 3.8) is 0 Å². The maximum absolute atomic E-state index is 13.4. The minimum absolute atomic E-state index is 0.327. The average Bonchev–Trinajstić information content (AvgIpc) is 3.07. The molecule has 4 rings (SSSR count). The Hall–Kier alpha value is -3.05. The maximum atomic E-state index is 13.4. The van der Waals surface area contributed by atoms with Crippen LogP contribution in [0.4, 0.5) is 17.5 Å². The molecule has 1 N–H and O–H groups in total. The summed E-state index contributed by atoms with van der Waals surface area (Å²) in [4.78, 5) is 15.8. The van der Waals surface area contributed by atoms with Crippen molar-refractivity contribution in [1.29, 1.82) is 0 Å². The summed E-state index contributed by atoms with van der Waals surface area (Å²) in [6, 6.07) is 5.76. The molecule has 1 aliphatic rings. The molecule has 1 saturated heterocycles. The number of sulfonamides is 1. The van der Waals surface area contributed by atoms with Crippen LogP contribution in [0.2, 0.25) is 0 Å². The monoisotopic (exact) mass is 470 g/mol. The molecule has 0 unspecified atom stereocenters. The molecule has 10 nitrogen and oxygen atoms in total. The second kappa shape index (κ2) is 9.06. The zero-order chi connectivity index (χ0) is 23.8. The van der Waals surface area contributed by atoms with Gasteiger partial charge in [0.2, 0.25) is 10.0 Å². The van der Waals surface area contributed by atoms with Crippen molar-refractivity contribution in [3.05, 3.63) is 47.2 Å². The van der Waals surface area contributed by atoms with Crippen molar-refractivity contribution in [2.24, 2.45) is 0 Å². The third kappa shape index (κ3) is 4.69. The van der Waals surface area contributed by atoms with Crippen molar-refractivity contribution in [1.82, 2.24) is 29.0 Å². The van der Waals surface area contributed by atoms with Gasteiger partial charge in [0.15, 0.2) is 0 Å². The summed E-state index contributed by atoms with van der Waals surface area (Å²) in [6.45, 7) is 11.8. The van der Waals surface area contributed by atoms with E-state index in [0.717, 1.165) is 11.4 Å². The lowest BCUT2D eigenvalue weighted by molar-refractivity contribution is 0.383. The molecule has 0 aliphatic carbocycles. The quantitative estimate of drug-likeness (QED) is 0.585. The Morgan fingerprint density at radius 3 is 2.36 bits per heavy atom. The lowest BCUT2D eigenvalue weighted by atomic mass is 10.3. The molecule has 3 aromatic heterocycles. The highest BCUT2D eigenvalue weighted by atomic mass is 32.2. The fourth-order valence-corrected chi connectivity index (χ4v) is 5.96. The van der Waals surface area contributed by atoms with Gasteiger partial charge in [-0.05, 0) is 52.3 Å². The minimum atomic E-state index is -3.61. The number of aromatic nitrogens is 5. The number of nitrogens with zero attached hydrogens (tertiary/aromatic N) is 7. The summed E-state index contributed by atoms with van der Waals surface area (Å²) in [6.07, 6.45) is 1.75. The van der Waals surface area contributed by atoms with E-state index in [4.69, 9.17) is 0 Å². The molecule has 11 heteroatoms. The summed E-state index contributed by atoms with van der Waals surface area (Å²) in [7, 11) is -3.61. The highest BCUT2D eigenvalue weighted by molar-refractivity contribution is 7.89. The van der Waals surface area contributed by atoms with E-state index in [9.17, 15) is 8.42 Å². The van der Waals surface area contributed by atoms with E-state index in [2.05, 4.69) is 30.3 Å². The van der Waals surface area contributed by atoms with Crippen LogP contribution in [-0.4, -0.2) is 63.6 Å². The molecule has 1 aliphatic heterocycles. The molecular weight excluding hydrogens is 440 g/mol. The van der Waals surface area contributed by atoms with Gasteiger partial charge in [-0.3, -0.25) is 4.68 Å². The summed E-state index contributed by atoms with van der Waals surface area (Å²) in [5.41, 5.74) is 2.33. The predicted octanol–water partition coefficient (Wildman–Crippen LogP) is 2.58. The second-order valence-electron chi connectivity index (χ2n) is 8.21. The molecular formula is C22H30N8O2S. The minimum Gasteiger partial charge on any atom is -0.354 e. The van der Waals surface area contributed by atoms with E-state index >= 15 is 0 Å². The molecule has 176 valence electrons. The van der Waals surface area contributed by atoms with E-state index in [-0.39, 0.29) is 0 Å². The first kappa shape index (κ1) is 23.1. The Labute approximate surface area is 194 Å². The van der Waals surface area contributed by atoms with Crippen LogP contribution in [-0.2, 0) is 16.6 Å². The lowest BCUT2D eigenvalue weighted by Gasteiger charge is -2.34. The Morgan fingerprint density at radius 1 is 1.00 bits per heavy atom. The molecule has 0 radical (unpaired) electrons. The Kier molecular flexibility index (Phi) is 6.35. The fraction of sp³-hybridized carbons (Fsp3) is 0.455. The Balaban J connectivity index is 1.50. The van der Waals surface area contributed by atoms with Gasteiger partial charge in [-0.25, -0.2) is 23.4 Å². The molecule has 0 saturated carbocycles. The van der Waals surface area contributed by atoms with Crippen LogP contribution >= 0.6 is 0 Å². The molecule has 1 fully saturated rings. The highest BCUT2D eigenvalue weighted by Gasteiger charge is 2.33. The molecule has 0 amide bonds. The van der Waals surface area contributed by atoms with E-state index in [0.29, 0.717) is 66.5 Å². The first-order valence-electron chi connectivity index (χ1n) is 11.0. The Bertz CT molecular complexity index is 1260. The van der Waals surface area contributed by atoms with Crippen LogP contribution in [0.3, 0.4) is 0 Å². The number of piperazine rings is 1. The Morgan fingerprint density at radius 2 is 1.73 bits per heavy atom. The van der Waals surface area contributed by atoms with Crippen LogP contribution in [0.25, 0.3) is 0 Å². The number of hydrogen-bond acceptors (Lipinski definition) is 8. The van der Waals surface area contributed by atoms with Crippen molar-refractivity contribution in [2.45, 2.75) is 46.1 Å². The normalized spacial score (nSPS) is 15.1. The van der Waals surface area contributed by atoms with Crippen molar-refractivity contribution in [3.8, 4) is 0 Å². The van der Waals surface area contributed by atoms with Crippen molar-refractivity contribution < 1.29 is 8.42 Å². The summed E-state index contributed by atoms with van der Waals surface area (Å²) < 4.78 is 30.0. The largest absolute Gasteiger partial charge is 0.354 e. The second-order valence-corrected chi connectivity index (χ2v) is 10.1. The summed E-state index contributed by atoms with van der Waals surface area (Å²) in [5.74, 6) is 2.77. The van der Waals surface area contributed by atoms with Gasteiger partial charge < -0.3 is 10.2 Å². The third-order valence-corrected chi connectivity index (χ3v) is 7.92. The number of anilines is 3. The molecule has 0 aromatic carbocycles. The number of pyridine rings is 1. The van der Waals surface area contributed by atoms with E-state index in [1.807, 2.05) is 45.9 Å². The van der Waals surface area contributed by atoms with E-state index in [1.165, 1.54) is 0 Å². The first-order valence-corrected chi connectivity index (χ1v) is 12.5. The third-order valence-electron chi connectivity index (χ3n) is 5.77. The van der Waals surface area contributed by atoms with Gasteiger partial charge in [0.1, 0.15) is 28.2 Å². The van der Waals surface area contributed by atoms with Gasteiger partial charge in [0.25, 0.3) is 0 Å². The SMILES string of the molecule is CCn1nc(C)c(S(=O)(=O)N2CCN(c3cc(Nc4cc(C)ccn4)nc(C)n3)CC2)c1C. The van der Waals surface area contributed by atoms with Gasteiger partial charge in [0.05, 0.1) is 11.4 Å². The van der Waals surface area contributed by atoms with Crippen LogP contribution < -0.4 is 10.2 Å². The molecule has 0 bridgehead atoms. The van der Waals surface area contributed by atoms with Gasteiger partial charge in [-0.15, -0.1) is 0 Å². The first-order chi connectivity index (χ1) is 15.7. The zero-order valence-corrected chi connectivity index (χ0v) is 20.5. The fourth-order valence-electron chi connectivity index (χ4n) is 4.16. The van der Waals surface area contributed by atoms with E-state index < -0.39 is 10.0 Å². The number of aryl methyl sites for hydroxylation is 4. The van der Waals surface area contributed by atoms with Crippen LogP contribution in [0, 0.1) is 27.7 Å². The highest BCUT2D eigenvalue weighted by Crippen LogP contribution is 2.26. The standard InChI is InChI=1S/C22H30N8O2S/c1-6-30-17(4)22(16(3)27-30)33(31,32)29-11-9-28(10-12-29)21-14-20(24-18(5)25-21)26-19-13-15(2)7-8-23-19/h7-8,13-14H,6,9-12H2,1-5H3,(H,23,24,25,26). The predicted molar refractivity (Wildman–Crippen MR) is 127 cm³/mol. The molecule has 3 aromatic rings. The van der Waals surface area contributed by atoms with Crippen molar-refractivity contribution in [2.75, 3.05) is 36.4 Å². The smallest absolute Gasteiger partial charge is 0.246 e. The topological polar surface area (TPSA) is 109 Å². The van der Waals surface area contributed by atoms with Crippen LogP contribution in [0.1, 0.15) is 29.7 Å². The maximum Gasteiger partial charge on any atom is 0.246 e. The summed E-state index contributed by atoms with van der Waals surface area (Å²) >= 11 is 0. The zero-order valence-electron chi connectivity index (χ0n) is 19.7. The summed E-state index contributed by atoms with van der Waals surface area (Å²) in [5, 5.41) is 7.62. The number of rotatable bonds is 6. The molecule has 0 spiro atoms. The van der Waals surface area contributed by atoms with E-state index in [1.54, 1.807) is 22.1 Å². The number of hydrogen-bond donors (Lipinski definition) is 1. The van der Waals surface area contributed by atoms with Gasteiger partial charge in [-0.2, -0.15) is 9.40 Å².